The average Bonchev–Trinajstić information content (AvgIpc) is 3.36. The second-order valence-electron chi connectivity index (χ2n) is 16.3. The van der Waals surface area contributed by atoms with Crippen LogP contribution in [0.15, 0.2) is 36.4 Å². The van der Waals surface area contributed by atoms with Crippen molar-refractivity contribution in [3.05, 3.63) is 58.1 Å². The zero-order valence-electron chi connectivity index (χ0n) is 33.8. The number of piperidine rings is 2. The molecule has 6 rings (SSSR count). The number of benzene rings is 2. The summed E-state index contributed by atoms with van der Waals surface area (Å²) in [5.41, 5.74) is 5.92. The number of piperazine rings is 1. The first-order valence-electron chi connectivity index (χ1n) is 20.4. The summed E-state index contributed by atoms with van der Waals surface area (Å²) < 4.78 is 54.2. The van der Waals surface area contributed by atoms with E-state index in [1.807, 2.05) is 43.3 Å². The minimum absolute atomic E-state index is 0.0651. The summed E-state index contributed by atoms with van der Waals surface area (Å²) in [7, 11) is 6.13. The van der Waals surface area contributed by atoms with Crippen molar-refractivity contribution in [2.45, 2.75) is 75.4 Å². The minimum atomic E-state index is -4.79. The van der Waals surface area contributed by atoms with E-state index in [-0.39, 0.29) is 48.2 Å². The monoisotopic (exact) mass is 834 g/mol. The summed E-state index contributed by atoms with van der Waals surface area (Å²) >= 11 is 6.20. The Kier molecular flexibility index (Phi) is 14.7. The molecule has 4 heterocycles. The van der Waals surface area contributed by atoms with Gasteiger partial charge in [0, 0.05) is 70.1 Å². The van der Waals surface area contributed by atoms with Gasteiger partial charge in [-0.1, -0.05) is 29.8 Å². The third kappa shape index (κ3) is 11.1. The van der Waals surface area contributed by atoms with Gasteiger partial charge < -0.3 is 45.0 Å². The molecule has 320 valence electrons. The first kappa shape index (κ1) is 43.7. The van der Waals surface area contributed by atoms with Crippen LogP contribution >= 0.6 is 11.6 Å². The standard InChI is InChI=1S/C41H58ClF3N8O5/c1-48(2)14-6-22-57-27-32-26-51(20-21-52(32)30-10-15-49(3)16-11-30)38(54)36(25-28-23-33(41(43,44)45)37(46)34(42)24-28)58-40(56)50-17-12-31(13-18-50)53-19-9-29-7-4-5-8-35(29)47-39(53)55/h4-5,7-8,23-24,30-32,36H,6,9-22,25-27,46H2,1-3H3,(H,47,55)/t32?,36-/m1/s1. The van der Waals surface area contributed by atoms with Gasteiger partial charge >= 0.3 is 18.3 Å². The number of amides is 4. The predicted molar refractivity (Wildman–Crippen MR) is 217 cm³/mol. The number of nitrogens with one attached hydrogen (secondary N) is 1. The first-order valence-corrected chi connectivity index (χ1v) is 20.8. The van der Waals surface area contributed by atoms with E-state index in [1.54, 1.807) is 4.90 Å². The fourth-order valence-corrected chi connectivity index (χ4v) is 8.89. The Morgan fingerprint density at radius 3 is 2.40 bits per heavy atom. The molecule has 2 aromatic carbocycles. The molecule has 2 aromatic rings. The highest BCUT2D eigenvalue weighted by molar-refractivity contribution is 6.33. The van der Waals surface area contributed by atoms with Crippen molar-refractivity contribution in [2.75, 3.05) is 104 Å². The van der Waals surface area contributed by atoms with Gasteiger partial charge in [-0.2, -0.15) is 13.2 Å². The van der Waals surface area contributed by atoms with Crippen molar-refractivity contribution >= 4 is 41.0 Å². The predicted octanol–water partition coefficient (Wildman–Crippen LogP) is 5.12. The summed E-state index contributed by atoms with van der Waals surface area (Å²) in [4.78, 5) is 53.4. The van der Waals surface area contributed by atoms with Crippen molar-refractivity contribution in [3.63, 3.8) is 0 Å². The van der Waals surface area contributed by atoms with Gasteiger partial charge in [0.15, 0.2) is 6.10 Å². The number of hydrogen-bond donors (Lipinski definition) is 2. The van der Waals surface area contributed by atoms with Gasteiger partial charge in [-0.05, 0) is 109 Å². The number of ether oxygens (including phenoxy) is 2. The van der Waals surface area contributed by atoms with Crippen LogP contribution in [0.3, 0.4) is 0 Å². The van der Waals surface area contributed by atoms with Gasteiger partial charge in [0.05, 0.1) is 28.9 Å². The van der Waals surface area contributed by atoms with E-state index in [4.69, 9.17) is 26.8 Å². The number of para-hydroxylation sites is 1. The Labute approximate surface area is 344 Å². The van der Waals surface area contributed by atoms with E-state index < -0.39 is 35.5 Å². The molecular formula is C41H58ClF3N8O5. The van der Waals surface area contributed by atoms with Crippen molar-refractivity contribution in [1.29, 1.82) is 0 Å². The largest absolute Gasteiger partial charge is 0.436 e. The minimum Gasteiger partial charge on any atom is -0.436 e. The number of carbonyl (C=O) groups excluding carboxylic acids is 3. The highest BCUT2D eigenvalue weighted by Crippen LogP contribution is 2.38. The number of alkyl halides is 3. The number of rotatable bonds is 12. The molecule has 13 nitrogen and oxygen atoms in total. The van der Waals surface area contributed by atoms with Crippen molar-refractivity contribution < 1.29 is 37.0 Å². The number of fused-ring (bicyclic) bond motifs is 1. The van der Waals surface area contributed by atoms with Crippen LogP contribution in [0.4, 0.5) is 34.1 Å². The lowest BCUT2D eigenvalue weighted by molar-refractivity contribution is -0.146. The number of halogens is 4. The zero-order valence-corrected chi connectivity index (χ0v) is 34.6. The smallest absolute Gasteiger partial charge is 0.418 e. The number of nitrogens with two attached hydrogens (primary N) is 1. The van der Waals surface area contributed by atoms with Crippen LogP contribution in [0.1, 0.15) is 48.8 Å². The molecule has 2 atom stereocenters. The quantitative estimate of drug-likeness (QED) is 0.222. The summed E-state index contributed by atoms with van der Waals surface area (Å²) in [5, 5.41) is 2.70. The first-order chi connectivity index (χ1) is 27.7. The fourth-order valence-electron chi connectivity index (χ4n) is 8.65. The molecule has 0 aliphatic carbocycles. The SMILES string of the molecule is CN(C)CCCOCC1CN(C(=O)[C@@H](Cc2cc(Cl)c(N)c(C(F)(F)F)c2)OC(=O)N2CCC(N3CCc4ccccc4NC3=O)CC2)CCN1C1CCN(C)CC1. The van der Waals surface area contributed by atoms with Crippen molar-refractivity contribution in [2.24, 2.45) is 0 Å². The van der Waals surface area contributed by atoms with Crippen molar-refractivity contribution in [3.8, 4) is 0 Å². The fraction of sp³-hybridized carbons (Fsp3) is 0.634. The number of urea groups is 1. The number of hydrogen-bond acceptors (Lipinski definition) is 9. The second kappa shape index (κ2) is 19.5. The number of anilines is 2. The van der Waals surface area contributed by atoms with Gasteiger partial charge in [-0.3, -0.25) is 9.69 Å². The maximum absolute atomic E-state index is 14.5. The van der Waals surface area contributed by atoms with Gasteiger partial charge in [0.2, 0.25) is 0 Å². The van der Waals surface area contributed by atoms with E-state index >= 15 is 0 Å². The summed E-state index contributed by atoms with van der Waals surface area (Å²) in [6.07, 6.45) is -2.77. The van der Waals surface area contributed by atoms with E-state index in [0.717, 1.165) is 56.2 Å². The van der Waals surface area contributed by atoms with Gasteiger partial charge in [-0.25, -0.2) is 9.59 Å². The normalized spacial score (nSPS) is 21.1. The van der Waals surface area contributed by atoms with Crippen LogP contribution in [0, 0.1) is 0 Å². The molecule has 0 bridgehead atoms. The van der Waals surface area contributed by atoms with Crippen LogP contribution in [0.25, 0.3) is 0 Å². The van der Waals surface area contributed by atoms with Crippen LogP contribution in [0.5, 0.6) is 0 Å². The topological polar surface area (TPSA) is 127 Å². The van der Waals surface area contributed by atoms with E-state index in [1.165, 1.54) is 11.0 Å². The molecule has 0 aromatic heterocycles. The molecule has 0 radical (unpaired) electrons. The summed E-state index contributed by atoms with van der Waals surface area (Å²) in [6.45, 7) is 6.14. The lowest BCUT2D eigenvalue weighted by Crippen LogP contribution is -2.62. The maximum Gasteiger partial charge on any atom is 0.418 e. The Morgan fingerprint density at radius 2 is 1.69 bits per heavy atom. The molecule has 58 heavy (non-hydrogen) atoms. The Morgan fingerprint density at radius 1 is 0.983 bits per heavy atom. The van der Waals surface area contributed by atoms with Gasteiger partial charge in [0.25, 0.3) is 5.91 Å². The molecule has 17 heteroatoms. The zero-order chi connectivity index (χ0) is 41.6. The lowest BCUT2D eigenvalue weighted by Gasteiger charge is -2.47. The van der Waals surface area contributed by atoms with E-state index in [9.17, 15) is 27.6 Å². The van der Waals surface area contributed by atoms with Crippen LogP contribution < -0.4 is 11.1 Å². The van der Waals surface area contributed by atoms with E-state index in [0.29, 0.717) is 64.7 Å². The maximum atomic E-state index is 14.5. The molecule has 3 saturated heterocycles. The Bertz CT molecular complexity index is 1740. The number of likely N-dealkylation sites (tertiary alicyclic amines) is 2. The average molecular weight is 835 g/mol. The van der Waals surface area contributed by atoms with Crippen LogP contribution in [-0.4, -0.2) is 165 Å². The van der Waals surface area contributed by atoms with E-state index in [2.05, 4.69) is 27.1 Å². The third-order valence-electron chi connectivity index (χ3n) is 11.9. The second-order valence-corrected chi connectivity index (χ2v) is 16.7. The number of nitrogen functional groups attached to an aromatic ring is 1. The highest BCUT2D eigenvalue weighted by atomic mass is 35.5. The molecule has 3 fully saturated rings. The third-order valence-corrected chi connectivity index (χ3v) is 12.3. The van der Waals surface area contributed by atoms with Crippen molar-refractivity contribution in [1.82, 2.24) is 29.4 Å². The van der Waals surface area contributed by atoms with Crippen LogP contribution in [-0.2, 0) is 33.3 Å². The Hall–Kier alpha value is -3.83. The summed E-state index contributed by atoms with van der Waals surface area (Å²) in [6, 6.07) is 9.76. The molecule has 3 N–H and O–H groups in total. The van der Waals surface area contributed by atoms with Crippen LogP contribution in [0.2, 0.25) is 5.02 Å². The molecule has 4 aliphatic heterocycles. The molecule has 4 amide bonds. The Balaban J connectivity index is 1.16. The molecule has 0 spiro atoms. The van der Waals surface area contributed by atoms with Gasteiger partial charge in [0.1, 0.15) is 0 Å². The lowest BCUT2D eigenvalue weighted by atomic mass is 9.99. The number of carbonyl (C=O) groups is 3. The summed E-state index contributed by atoms with van der Waals surface area (Å²) in [5.74, 6) is -0.494. The molecule has 4 aliphatic rings. The molecule has 0 saturated carbocycles. The van der Waals surface area contributed by atoms with Gasteiger partial charge in [-0.15, -0.1) is 0 Å². The molecular weight excluding hydrogens is 777 g/mol. The highest BCUT2D eigenvalue weighted by Gasteiger charge is 2.40. The molecule has 1 unspecified atom stereocenters. The number of nitrogens with zero attached hydrogens (tertiary/aromatic N) is 6.